The molecule has 0 spiro atoms. The molecule has 0 aliphatic heterocycles. The van der Waals surface area contributed by atoms with Crippen LogP contribution in [0.2, 0.25) is 5.02 Å². The van der Waals surface area contributed by atoms with Crippen molar-refractivity contribution in [3.8, 4) is 5.75 Å². The van der Waals surface area contributed by atoms with Crippen LogP contribution in [0.1, 0.15) is 12.5 Å². The van der Waals surface area contributed by atoms with E-state index in [-0.39, 0.29) is 10.6 Å². The number of sulfonamides is 1. The summed E-state index contributed by atoms with van der Waals surface area (Å²) in [5.74, 6) is -0.728. The molecule has 0 aliphatic carbocycles. The van der Waals surface area contributed by atoms with Gasteiger partial charge >= 0.3 is 0 Å². The number of halogens is 2. The molecule has 1 amide bonds. The van der Waals surface area contributed by atoms with Gasteiger partial charge in [0.05, 0.1) is 18.4 Å². The number of anilines is 1. The highest BCUT2D eigenvalue weighted by Gasteiger charge is 2.38. The number of amides is 1. The molecular weight excluding hydrogens is 383 g/mol. The molecule has 26 heavy (non-hydrogen) atoms. The number of benzene rings is 2. The number of carbonyl (C=O) groups is 1. The molecule has 0 aliphatic rings. The van der Waals surface area contributed by atoms with Gasteiger partial charge in [-0.3, -0.25) is 4.79 Å². The zero-order chi connectivity index (χ0) is 19.5. The summed E-state index contributed by atoms with van der Waals surface area (Å²) in [6, 6.07) is 9.58. The van der Waals surface area contributed by atoms with Gasteiger partial charge in [0.25, 0.3) is 0 Å². The fourth-order valence-electron chi connectivity index (χ4n) is 2.39. The zero-order valence-corrected chi connectivity index (χ0v) is 15.9. The Labute approximate surface area is 156 Å². The molecule has 0 radical (unpaired) electrons. The Kier molecular flexibility index (Phi) is 5.90. The molecule has 1 atom stereocenters. The molecule has 2 aromatic carbocycles. The largest absolute Gasteiger partial charge is 0.495 e. The Hall–Kier alpha value is -2.16. The first kappa shape index (κ1) is 20.2. The van der Waals surface area contributed by atoms with Gasteiger partial charge in [0.1, 0.15) is 17.1 Å². The third-order valence-electron chi connectivity index (χ3n) is 3.67. The molecule has 0 heterocycles. The average molecular weight is 401 g/mol. The summed E-state index contributed by atoms with van der Waals surface area (Å²) >= 11 is 6.04. The van der Waals surface area contributed by atoms with E-state index in [9.17, 15) is 17.6 Å². The quantitative estimate of drug-likeness (QED) is 0.780. The summed E-state index contributed by atoms with van der Waals surface area (Å²) in [7, 11) is -2.29. The van der Waals surface area contributed by atoms with Crippen molar-refractivity contribution in [3.05, 3.63) is 58.9 Å². The second-order valence-corrected chi connectivity index (χ2v) is 7.97. The van der Waals surface area contributed by atoms with Gasteiger partial charge < -0.3 is 10.1 Å². The van der Waals surface area contributed by atoms with Gasteiger partial charge in [-0.2, -0.15) is 4.72 Å². The SMILES string of the molecule is COc1ccc(NC(=O)[C@](C)(NS(C)(=O)=O)c2ccc(F)cc2)cc1Cl. The molecule has 2 rings (SSSR count). The Morgan fingerprint density at radius 1 is 1.19 bits per heavy atom. The van der Waals surface area contributed by atoms with E-state index in [4.69, 9.17) is 16.3 Å². The molecule has 9 heteroatoms. The lowest BCUT2D eigenvalue weighted by Gasteiger charge is -2.29. The molecule has 2 aromatic rings. The summed E-state index contributed by atoms with van der Waals surface area (Å²) in [5, 5.41) is 2.89. The summed E-state index contributed by atoms with van der Waals surface area (Å²) in [6.07, 6.45) is 0.937. The molecule has 0 fully saturated rings. The molecule has 0 saturated heterocycles. The third kappa shape index (κ3) is 4.72. The van der Waals surface area contributed by atoms with Crippen molar-refractivity contribution in [1.82, 2.24) is 4.72 Å². The topological polar surface area (TPSA) is 84.5 Å². The molecule has 0 bridgehead atoms. The molecule has 0 unspecified atom stereocenters. The van der Waals surface area contributed by atoms with Crippen molar-refractivity contribution >= 4 is 33.2 Å². The van der Waals surface area contributed by atoms with Crippen LogP contribution in [0.4, 0.5) is 10.1 Å². The van der Waals surface area contributed by atoms with Gasteiger partial charge in [0.2, 0.25) is 15.9 Å². The molecule has 2 N–H and O–H groups in total. The van der Waals surface area contributed by atoms with Crippen LogP contribution in [0, 0.1) is 5.82 Å². The van der Waals surface area contributed by atoms with Gasteiger partial charge in [-0.25, -0.2) is 12.8 Å². The molecule has 140 valence electrons. The number of hydrogen-bond acceptors (Lipinski definition) is 4. The first-order valence-corrected chi connectivity index (χ1v) is 9.72. The summed E-state index contributed by atoms with van der Waals surface area (Å²) in [6.45, 7) is 1.39. The van der Waals surface area contributed by atoms with E-state index >= 15 is 0 Å². The highest BCUT2D eigenvalue weighted by molar-refractivity contribution is 7.88. The molecule has 0 aromatic heterocycles. The lowest BCUT2D eigenvalue weighted by atomic mass is 9.92. The number of hydrogen-bond donors (Lipinski definition) is 2. The highest BCUT2D eigenvalue weighted by Crippen LogP contribution is 2.29. The first-order chi connectivity index (χ1) is 12.0. The Morgan fingerprint density at radius 3 is 2.31 bits per heavy atom. The number of ether oxygens (including phenoxy) is 1. The van der Waals surface area contributed by atoms with Crippen LogP contribution in [0.15, 0.2) is 42.5 Å². The van der Waals surface area contributed by atoms with E-state index in [1.165, 1.54) is 32.2 Å². The number of carbonyl (C=O) groups excluding carboxylic acids is 1. The maximum Gasteiger partial charge on any atom is 0.249 e. The molecule has 0 saturated carbocycles. The van der Waals surface area contributed by atoms with E-state index in [2.05, 4.69) is 10.0 Å². The fourth-order valence-corrected chi connectivity index (χ4v) is 3.60. The van der Waals surface area contributed by atoms with Crippen LogP contribution in [0.5, 0.6) is 5.75 Å². The van der Waals surface area contributed by atoms with E-state index < -0.39 is 27.3 Å². The van der Waals surface area contributed by atoms with Gasteiger partial charge in [-0.1, -0.05) is 23.7 Å². The minimum absolute atomic E-state index is 0.279. The highest BCUT2D eigenvalue weighted by atomic mass is 35.5. The smallest absolute Gasteiger partial charge is 0.249 e. The fraction of sp³-hybridized carbons (Fsp3) is 0.235. The minimum Gasteiger partial charge on any atom is -0.495 e. The van der Waals surface area contributed by atoms with Crippen LogP contribution >= 0.6 is 11.6 Å². The van der Waals surface area contributed by atoms with Gasteiger partial charge in [0, 0.05) is 5.69 Å². The van der Waals surface area contributed by atoms with Crippen molar-refractivity contribution in [2.45, 2.75) is 12.5 Å². The molecular formula is C17H18ClFN2O4S. The van der Waals surface area contributed by atoms with Gasteiger partial charge in [0.15, 0.2) is 0 Å². The van der Waals surface area contributed by atoms with E-state index in [1.54, 1.807) is 12.1 Å². The van der Waals surface area contributed by atoms with Crippen molar-refractivity contribution in [2.75, 3.05) is 18.7 Å². The summed E-state index contributed by atoms with van der Waals surface area (Å²) < 4.78 is 44.1. The third-order valence-corrected chi connectivity index (χ3v) is 4.75. The van der Waals surface area contributed by atoms with E-state index in [0.717, 1.165) is 18.4 Å². The number of nitrogens with one attached hydrogen (secondary N) is 2. The van der Waals surface area contributed by atoms with Gasteiger partial charge in [-0.05, 0) is 42.8 Å². The lowest BCUT2D eigenvalue weighted by Crippen LogP contribution is -2.51. The van der Waals surface area contributed by atoms with Crippen LogP contribution < -0.4 is 14.8 Å². The van der Waals surface area contributed by atoms with Crippen LogP contribution in [0.25, 0.3) is 0 Å². The van der Waals surface area contributed by atoms with E-state index in [1.807, 2.05) is 0 Å². The second kappa shape index (κ2) is 7.61. The maximum absolute atomic E-state index is 13.2. The van der Waals surface area contributed by atoms with Crippen LogP contribution in [-0.2, 0) is 20.4 Å². The predicted molar refractivity (Wildman–Crippen MR) is 98.4 cm³/mol. The molecule has 6 nitrogen and oxygen atoms in total. The van der Waals surface area contributed by atoms with Crippen molar-refractivity contribution < 1.29 is 22.3 Å². The van der Waals surface area contributed by atoms with Crippen molar-refractivity contribution in [3.63, 3.8) is 0 Å². The lowest BCUT2D eigenvalue weighted by molar-refractivity contribution is -0.121. The monoisotopic (exact) mass is 400 g/mol. The van der Waals surface area contributed by atoms with Crippen molar-refractivity contribution in [2.24, 2.45) is 0 Å². The van der Waals surface area contributed by atoms with E-state index in [0.29, 0.717) is 11.4 Å². The Bertz CT molecular complexity index is 919. The Morgan fingerprint density at radius 2 is 1.81 bits per heavy atom. The predicted octanol–water partition coefficient (Wildman–Crippen LogP) is 2.89. The zero-order valence-electron chi connectivity index (χ0n) is 14.3. The summed E-state index contributed by atoms with van der Waals surface area (Å²) in [4.78, 5) is 12.9. The maximum atomic E-state index is 13.2. The first-order valence-electron chi connectivity index (χ1n) is 7.45. The second-order valence-electron chi connectivity index (χ2n) is 5.81. The normalized spacial score (nSPS) is 13.7. The number of rotatable bonds is 6. The van der Waals surface area contributed by atoms with Crippen LogP contribution in [-0.4, -0.2) is 27.7 Å². The minimum atomic E-state index is -3.75. The van der Waals surface area contributed by atoms with Crippen LogP contribution in [0.3, 0.4) is 0 Å². The average Bonchev–Trinajstić information content (AvgIpc) is 2.54. The van der Waals surface area contributed by atoms with Gasteiger partial charge in [-0.15, -0.1) is 0 Å². The standard InChI is InChI=1S/C17H18ClFN2O4S/c1-17(21-26(3,23)24,11-4-6-12(19)7-5-11)16(22)20-13-8-9-15(25-2)14(18)10-13/h4-10,21H,1-3H3,(H,20,22)/t17-/m1/s1. The number of methoxy groups -OCH3 is 1. The summed E-state index contributed by atoms with van der Waals surface area (Å²) in [5.41, 5.74) is -1.03. The van der Waals surface area contributed by atoms with Crippen molar-refractivity contribution in [1.29, 1.82) is 0 Å². The Balaban J connectivity index is 2.40.